The molecule has 4 nitrogen and oxygen atoms in total. The number of nitrogens with one attached hydrogen (secondary N) is 1. The molecule has 0 aliphatic rings. The van der Waals surface area contributed by atoms with Crippen LogP contribution in [-0.4, -0.2) is 25.0 Å². The Morgan fingerprint density at radius 2 is 2.12 bits per heavy atom. The monoisotopic (exact) mass is 282 g/mol. The van der Waals surface area contributed by atoms with E-state index in [-0.39, 0.29) is 11.6 Å². The van der Waals surface area contributed by atoms with Crippen LogP contribution in [0.4, 0.5) is 5.82 Å². The Labute approximate surface area is 105 Å². The maximum atomic E-state index is 11.5. The van der Waals surface area contributed by atoms with E-state index < -0.39 is 10.0 Å². The molecule has 0 unspecified atom stereocenters. The number of rotatable bonds is 6. The van der Waals surface area contributed by atoms with Gasteiger partial charge in [-0.05, 0) is 18.9 Å². The van der Waals surface area contributed by atoms with E-state index in [0.29, 0.717) is 23.7 Å². The molecule has 0 bridgehead atoms. The van der Waals surface area contributed by atoms with Gasteiger partial charge >= 0.3 is 0 Å². The molecule has 16 heavy (non-hydrogen) atoms. The van der Waals surface area contributed by atoms with Gasteiger partial charge in [-0.3, -0.25) is 4.72 Å². The Morgan fingerprint density at radius 1 is 1.38 bits per heavy atom. The number of nitrogens with zero attached hydrogens (tertiary/aromatic N) is 1. The van der Waals surface area contributed by atoms with Crippen LogP contribution in [0.5, 0.6) is 0 Å². The van der Waals surface area contributed by atoms with Crippen molar-refractivity contribution in [3.8, 4) is 0 Å². The van der Waals surface area contributed by atoms with Crippen molar-refractivity contribution in [3.63, 3.8) is 0 Å². The second-order valence-electron chi connectivity index (χ2n) is 3.18. The quantitative estimate of drug-likeness (QED) is 0.644. The molecule has 1 aromatic heterocycles. The lowest BCUT2D eigenvalue weighted by molar-refractivity contribution is 0.598. The Balaban J connectivity index is 2.59. The van der Waals surface area contributed by atoms with Gasteiger partial charge in [0, 0.05) is 23.2 Å². The van der Waals surface area contributed by atoms with Crippen molar-refractivity contribution in [2.24, 2.45) is 0 Å². The Hall–Kier alpha value is -0.520. The van der Waals surface area contributed by atoms with Gasteiger partial charge in [0.2, 0.25) is 10.0 Å². The van der Waals surface area contributed by atoms with E-state index in [1.165, 1.54) is 12.3 Å². The van der Waals surface area contributed by atoms with Gasteiger partial charge in [0.05, 0.1) is 5.75 Å². The first kappa shape index (κ1) is 13.5. The van der Waals surface area contributed by atoms with Crippen molar-refractivity contribution in [2.75, 3.05) is 16.4 Å². The smallest absolute Gasteiger partial charge is 0.233 e. The molecule has 0 aromatic carbocycles. The molecule has 0 aliphatic heterocycles. The van der Waals surface area contributed by atoms with Gasteiger partial charge < -0.3 is 0 Å². The van der Waals surface area contributed by atoms with Crippen molar-refractivity contribution in [2.45, 2.75) is 12.8 Å². The van der Waals surface area contributed by atoms with Crippen LogP contribution in [0.2, 0.25) is 5.02 Å². The molecule has 0 radical (unpaired) electrons. The first-order chi connectivity index (χ1) is 7.53. The fraction of sp³-hybridized carbons (Fsp3) is 0.444. The first-order valence-corrected chi connectivity index (χ1v) is 7.28. The van der Waals surface area contributed by atoms with E-state index in [1.54, 1.807) is 6.07 Å². The van der Waals surface area contributed by atoms with Crippen molar-refractivity contribution in [1.29, 1.82) is 0 Å². The normalized spacial score (nSPS) is 11.4. The molecular formula is C9H12Cl2N2O2S. The number of anilines is 1. The standard InChI is InChI=1S/C9H12Cl2N2O2S/c10-4-1-2-6-16(14,15)13-9-7-8(11)3-5-12-9/h3,5,7H,1-2,4,6H2,(H,12,13). The summed E-state index contributed by atoms with van der Waals surface area (Å²) >= 11 is 11.2. The van der Waals surface area contributed by atoms with Crippen molar-refractivity contribution in [1.82, 2.24) is 4.98 Å². The summed E-state index contributed by atoms with van der Waals surface area (Å²) in [5.74, 6) is 0.733. The summed E-state index contributed by atoms with van der Waals surface area (Å²) < 4.78 is 25.4. The summed E-state index contributed by atoms with van der Waals surface area (Å²) in [5, 5.41) is 0.438. The van der Waals surface area contributed by atoms with E-state index in [1.807, 2.05) is 0 Å². The van der Waals surface area contributed by atoms with Crippen LogP contribution in [0.1, 0.15) is 12.8 Å². The zero-order chi connectivity index (χ0) is 12.0. The van der Waals surface area contributed by atoms with E-state index >= 15 is 0 Å². The fourth-order valence-corrected chi connectivity index (χ4v) is 2.52. The number of pyridine rings is 1. The van der Waals surface area contributed by atoms with Crippen LogP contribution in [0, 0.1) is 0 Å². The maximum absolute atomic E-state index is 11.5. The predicted octanol–water partition coefficient (Wildman–Crippen LogP) is 2.50. The molecule has 90 valence electrons. The third-order valence-electron chi connectivity index (χ3n) is 1.78. The van der Waals surface area contributed by atoms with E-state index in [0.717, 1.165) is 0 Å². The summed E-state index contributed by atoms with van der Waals surface area (Å²) in [6.45, 7) is 0. The molecule has 0 amide bonds. The molecule has 1 rings (SSSR count). The lowest BCUT2D eigenvalue weighted by atomic mass is 10.4. The van der Waals surface area contributed by atoms with Gasteiger partial charge in [-0.25, -0.2) is 13.4 Å². The highest BCUT2D eigenvalue weighted by Crippen LogP contribution is 2.13. The van der Waals surface area contributed by atoms with E-state index in [2.05, 4.69) is 9.71 Å². The van der Waals surface area contributed by atoms with Crippen LogP contribution in [0.25, 0.3) is 0 Å². The molecular weight excluding hydrogens is 271 g/mol. The third kappa shape index (κ3) is 5.01. The number of hydrogen-bond acceptors (Lipinski definition) is 3. The molecule has 7 heteroatoms. The molecule has 0 spiro atoms. The van der Waals surface area contributed by atoms with Gasteiger partial charge in [-0.1, -0.05) is 11.6 Å². The van der Waals surface area contributed by atoms with E-state index in [9.17, 15) is 8.42 Å². The number of halogens is 2. The largest absolute Gasteiger partial charge is 0.267 e. The average Bonchev–Trinajstić information content (AvgIpc) is 2.17. The zero-order valence-electron chi connectivity index (χ0n) is 8.49. The fourth-order valence-electron chi connectivity index (χ4n) is 1.06. The minimum Gasteiger partial charge on any atom is -0.267 e. The first-order valence-electron chi connectivity index (χ1n) is 4.71. The summed E-state index contributed by atoms with van der Waals surface area (Å²) in [7, 11) is -3.35. The minimum atomic E-state index is -3.35. The lowest BCUT2D eigenvalue weighted by Crippen LogP contribution is -2.17. The molecule has 0 saturated carbocycles. The van der Waals surface area contributed by atoms with Crippen LogP contribution < -0.4 is 4.72 Å². The summed E-state index contributed by atoms with van der Waals surface area (Å²) in [4.78, 5) is 3.85. The second kappa shape index (κ2) is 6.27. The number of unbranched alkanes of at least 4 members (excludes halogenated alkanes) is 1. The van der Waals surface area contributed by atoms with Crippen LogP contribution in [0.3, 0.4) is 0 Å². The summed E-state index contributed by atoms with van der Waals surface area (Å²) in [6, 6.07) is 3.04. The van der Waals surface area contributed by atoms with Crippen molar-refractivity contribution >= 4 is 39.0 Å². The van der Waals surface area contributed by atoms with Gasteiger partial charge in [0.25, 0.3) is 0 Å². The van der Waals surface area contributed by atoms with Gasteiger partial charge in [-0.2, -0.15) is 0 Å². The predicted molar refractivity (Wildman–Crippen MR) is 66.6 cm³/mol. The molecule has 1 aromatic rings. The SMILES string of the molecule is O=S(=O)(CCCCCl)Nc1cc(Cl)ccn1. The topological polar surface area (TPSA) is 59.1 Å². The second-order valence-corrected chi connectivity index (χ2v) is 5.83. The molecule has 1 heterocycles. The molecule has 0 aliphatic carbocycles. The number of sulfonamides is 1. The Bertz CT molecular complexity index is 437. The van der Waals surface area contributed by atoms with Crippen molar-refractivity contribution in [3.05, 3.63) is 23.4 Å². The average molecular weight is 283 g/mol. The van der Waals surface area contributed by atoms with Crippen LogP contribution >= 0.6 is 23.2 Å². The maximum Gasteiger partial charge on any atom is 0.233 e. The summed E-state index contributed by atoms with van der Waals surface area (Å²) in [6.07, 6.45) is 2.64. The van der Waals surface area contributed by atoms with Crippen LogP contribution in [0.15, 0.2) is 18.3 Å². The summed E-state index contributed by atoms with van der Waals surface area (Å²) in [5.41, 5.74) is 0. The molecule has 0 atom stereocenters. The molecule has 0 saturated heterocycles. The van der Waals surface area contributed by atoms with Gasteiger partial charge in [-0.15, -0.1) is 11.6 Å². The highest BCUT2D eigenvalue weighted by molar-refractivity contribution is 7.92. The number of alkyl halides is 1. The Kier molecular flexibility index (Phi) is 5.31. The van der Waals surface area contributed by atoms with Crippen LogP contribution in [-0.2, 0) is 10.0 Å². The number of aromatic nitrogens is 1. The van der Waals surface area contributed by atoms with E-state index in [4.69, 9.17) is 23.2 Å². The van der Waals surface area contributed by atoms with Gasteiger partial charge in [0.15, 0.2) is 0 Å². The lowest BCUT2D eigenvalue weighted by Gasteiger charge is -2.06. The highest BCUT2D eigenvalue weighted by Gasteiger charge is 2.10. The molecule has 1 N–H and O–H groups in total. The zero-order valence-corrected chi connectivity index (χ0v) is 10.8. The van der Waals surface area contributed by atoms with Crippen molar-refractivity contribution < 1.29 is 8.42 Å². The van der Waals surface area contributed by atoms with Gasteiger partial charge in [0.1, 0.15) is 5.82 Å². The third-order valence-corrected chi connectivity index (χ3v) is 3.63. The number of hydrogen-bond donors (Lipinski definition) is 1. The Morgan fingerprint density at radius 3 is 2.75 bits per heavy atom. The highest BCUT2D eigenvalue weighted by atomic mass is 35.5. The molecule has 0 fully saturated rings. The minimum absolute atomic E-state index is 0.0356.